The minimum atomic E-state index is -0.932. The van der Waals surface area contributed by atoms with Crippen LogP contribution in [-0.2, 0) is 4.79 Å². The number of fused-ring (bicyclic) bond motifs is 1. The Morgan fingerprint density at radius 1 is 1.14 bits per heavy atom. The van der Waals surface area contributed by atoms with Crippen LogP contribution in [0.25, 0.3) is 10.8 Å². The summed E-state index contributed by atoms with van der Waals surface area (Å²) in [5, 5.41) is 13.5. The Labute approximate surface area is 122 Å². The van der Waals surface area contributed by atoms with Crippen LogP contribution >= 0.6 is 0 Å². The highest BCUT2D eigenvalue weighted by Crippen LogP contribution is 2.17. The van der Waals surface area contributed by atoms with Crippen molar-refractivity contribution in [3.05, 3.63) is 47.5 Å². The fourth-order valence-electron chi connectivity index (χ4n) is 1.92. The van der Waals surface area contributed by atoms with Gasteiger partial charge in [0.05, 0.1) is 5.56 Å². The SMILES string of the molecule is CC(=O)NCCC#Cc1ccc2cc(C(=O)O)ccc2c1. The van der Waals surface area contributed by atoms with Gasteiger partial charge in [0.1, 0.15) is 0 Å². The Kier molecular flexibility index (Phi) is 4.57. The van der Waals surface area contributed by atoms with Crippen LogP contribution in [-0.4, -0.2) is 23.5 Å². The van der Waals surface area contributed by atoms with Crippen molar-refractivity contribution in [1.82, 2.24) is 5.32 Å². The van der Waals surface area contributed by atoms with Gasteiger partial charge in [-0.15, -0.1) is 0 Å². The van der Waals surface area contributed by atoms with Crippen molar-refractivity contribution in [1.29, 1.82) is 0 Å². The maximum atomic E-state index is 10.9. The number of hydrogen-bond donors (Lipinski definition) is 2. The van der Waals surface area contributed by atoms with Gasteiger partial charge in [-0.3, -0.25) is 4.79 Å². The van der Waals surface area contributed by atoms with Crippen LogP contribution < -0.4 is 5.32 Å². The van der Waals surface area contributed by atoms with Crippen LogP contribution in [0.2, 0.25) is 0 Å². The molecule has 0 aromatic heterocycles. The van der Waals surface area contributed by atoms with Gasteiger partial charge in [0.2, 0.25) is 5.91 Å². The lowest BCUT2D eigenvalue weighted by atomic mass is 10.0. The number of amides is 1. The smallest absolute Gasteiger partial charge is 0.335 e. The van der Waals surface area contributed by atoms with Gasteiger partial charge in [-0.2, -0.15) is 0 Å². The summed E-state index contributed by atoms with van der Waals surface area (Å²) < 4.78 is 0. The van der Waals surface area contributed by atoms with Crippen molar-refractivity contribution in [2.45, 2.75) is 13.3 Å². The van der Waals surface area contributed by atoms with Crippen LogP contribution in [0, 0.1) is 11.8 Å². The van der Waals surface area contributed by atoms with Crippen molar-refractivity contribution in [2.24, 2.45) is 0 Å². The molecule has 0 radical (unpaired) electrons. The van der Waals surface area contributed by atoms with Crippen molar-refractivity contribution < 1.29 is 14.7 Å². The number of carboxylic acid groups (broad SMARTS) is 1. The molecule has 0 heterocycles. The molecule has 1 amide bonds. The van der Waals surface area contributed by atoms with Gasteiger partial charge >= 0.3 is 5.97 Å². The van der Waals surface area contributed by atoms with Gasteiger partial charge in [-0.25, -0.2) is 4.79 Å². The van der Waals surface area contributed by atoms with E-state index >= 15 is 0 Å². The number of carboxylic acids is 1. The molecule has 0 unspecified atom stereocenters. The summed E-state index contributed by atoms with van der Waals surface area (Å²) in [6.07, 6.45) is 0.593. The predicted octanol–water partition coefficient (Wildman–Crippen LogP) is 2.42. The summed E-state index contributed by atoms with van der Waals surface area (Å²) in [5.41, 5.74) is 1.14. The molecular formula is C17H15NO3. The zero-order valence-corrected chi connectivity index (χ0v) is 11.6. The molecule has 0 spiro atoms. The van der Waals surface area contributed by atoms with Crippen LogP contribution in [0.1, 0.15) is 29.3 Å². The second-order valence-electron chi connectivity index (χ2n) is 4.62. The van der Waals surface area contributed by atoms with Gasteiger partial charge in [-0.1, -0.05) is 24.0 Å². The van der Waals surface area contributed by atoms with E-state index in [1.165, 1.54) is 6.92 Å². The fraction of sp³-hybridized carbons (Fsp3) is 0.176. The van der Waals surface area contributed by atoms with Crippen molar-refractivity contribution >= 4 is 22.6 Å². The third kappa shape index (κ3) is 4.08. The summed E-state index contributed by atoms with van der Waals surface area (Å²) in [6, 6.07) is 10.6. The number of rotatable bonds is 3. The van der Waals surface area contributed by atoms with E-state index in [1.54, 1.807) is 18.2 Å². The van der Waals surface area contributed by atoms with Gasteiger partial charge in [0.15, 0.2) is 0 Å². The van der Waals surface area contributed by atoms with E-state index in [0.29, 0.717) is 13.0 Å². The molecule has 0 atom stereocenters. The van der Waals surface area contributed by atoms with E-state index in [9.17, 15) is 9.59 Å². The molecule has 2 aromatic rings. The molecular weight excluding hydrogens is 266 g/mol. The normalized spacial score (nSPS) is 9.76. The van der Waals surface area contributed by atoms with Crippen molar-refractivity contribution in [3.8, 4) is 11.8 Å². The molecule has 106 valence electrons. The first-order valence-corrected chi connectivity index (χ1v) is 6.57. The lowest BCUT2D eigenvalue weighted by Gasteiger charge is -2.00. The number of carbonyl (C=O) groups is 2. The molecule has 0 saturated carbocycles. The van der Waals surface area contributed by atoms with Crippen LogP contribution in [0.4, 0.5) is 0 Å². The van der Waals surface area contributed by atoms with Gasteiger partial charge in [-0.05, 0) is 35.0 Å². The third-order valence-corrected chi connectivity index (χ3v) is 2.94. The van der Waals surface area contributed by atoms with Crippen LogP contribution in [0.3, 0.4) is 0 Å². The number of carbonyl (C=O) groups excluding carboxylic acids is 1. The highest BCUT2D eigenvalue weighted by molar-refractivity contribution is 5.94. The summed E-state index contributed by atoms with van der Waals surface area (Å²) in [5.74, 6) is 5.03. The van der Waals surface area contributed by atoms with E-state index in [1.807, 2.05) is 18.2 Å². The molecule has 0 aliphatic carbocycles. The average Bonchev–Trinajstić information content (AvgIpc) is 2.45. The van der Waals surface area contributed by atoms with E-state index in [0.717, 1.165) is 16.3 Å². The molecule has 21 heavy (non-hydrogen) atoms. The second kappa shape index (κ2) is 6.58. The number of nitrogens with one attached hydrogen (secondary N) is 1. The molecule has 2 aromatic carbocycles. The fourth-order valence-corrected chi connectivity index (χ4v) is 1.92. The highest BCUT2D eigenvalue weighted by Gasteiger charge is 2.03. The quantitative estimate of drug-likeness (QED) is 0.670. The first kappa shape index (κ1) is 14.6. The van der Waals surface area contributed by atoms with E-state index in [-0.39, 0.29) is 11.5 Å². The zero-order chi connectivity index (χ0) is 15.2. The lowest BCUT2D eigenvalue weighted by molar-refractivity contribution is -0.118. The molecule has 4 nitrogen and oxygen atoms in total. The topological polar surface area (TPSA) is 66.4 Å². The first-order valence-electron chi connectivity index (χ1n) is 6.57. The van der Waals surface area contributed by atoms with E-state index < -0.39 is 5.97 Å². The molecule has 0 bridgehead atoms. The molecule has 0 saturated heterocycles. The first-order chi connectivity index (χ1) is 10.1. The van der Waals surface area contributed by atoms with E-state index in [2.05, 4.69) is 17.2 Å². The molecule has 0 aliphatic rings. The Morgan fingerprint density at radius 3 is 2.57 bits per heavy atom. The lowest BCUT2D eigenvalue weighted by Crippen LogP contribution is -2.20. The zero-order valence-electron chi connectivity index (χ0n) is 11.6. The number of benzene rings is 2. The Bertz CT molecular complexity index is 753. The Balaban J connectivity index is 2.12. The summed E-state index contributed by atoms with van der Waals surface area (Å²) >= 11 is 0. The average molecular weight is 281 g/mol. The molecule has 2 N–H and O–H groups in total. The minimum Gasteiger partial charge on any atom is -0.478 e. The predicted molar refractivity (Wildman–Crippen MR) is 81.1 cm³/mol. The van der Waals surface area contributed by atoms with Crippen LogP contribution in [0.5, 0.6) is 0 Å². The maximum absolute atomic E-state index is 10.9. The van der Waals surface area contributed by atoms with Gasteiger partial charge in [0.25, 0.3) is 0 Å². The standard InChI is InChI=1S/C17H15NO3/c1-12(19)18-9-3-2-4-13-5-6-15-11-16(17(20)21)8-7-14(15)10-13/h5-8,10-11H,3,9H2,1H3,(H,18,19)(H,20,21). The van der Waals surface area contributed by atoms with Gasteiger partial charge in [0, 0.05) is 25.5 Å². The van der Waals surface area contributed by atoms with Crippen molar-refractivity contribution in [2.75, 3.05) is 6.54 Å². The Morgan fingerprint density at radius 2 is 1.86 bits per heavy atom. The second-order valence-corrected chi connectivity index (χ2v) is 4.62. The molecule has 0 aliphatic heterocycles. The minimum absolute atomic E-state index is 0.0586. The largest absolute Gasteiger partial charge is 0.478 e. The molecule has 4 heteroatoms. The molecule has 0 fully saturated rings. The third-order valence-electron chi connectivity index (χ3n) is 2.94. The molecule has 2 rings (SSSR count). The summed E-state index contributed by atoms with van der Waals surface area (Å²) in [6.45, 7) is 2.01. The maximum Gasteiger partial charge on any atom is 0.335 e. The Hall–Kier alpha value is -2.80. The summed E-state index contributed by atoms with van der Waals surface area (Å²) in [4.78, 5) is 21.6. The van der Waals surface area contributed by atoms with Crippen molar-refractivity contribution in [3.63, 3.8) is 0 Å². The number of hydrogen-bond acceptors (Lipinski definition) is 2. The van der Waals surface area contributed by atoms with Gasteiger partial charge < -0.3 is 10.4 Å². The summed E-state index contributed by atoms with van der Waals surface area (Å²) in [7, 11) is 0. The monoisotopic (exact) mass is 281 g/mol. The van der Waals surface area contributed by atoms with E-state index in [4.69, 9.17) is 5.11 Å². The van der Waals surface area contributed by atoms with Crippen LogP contribution in [0.15, 0.2) is 36.4 Å². The highest BCUT2D eigenvalue weighted by atomic mass is 16.4. The number of aromatic carboxylic acids is 1.